The van der Waals surface area contributed by atoms with Gasteiger partial charge < -0.3 is 16.2 Å². The van der Waals surface area contributed by atoms with Gasteiger partial charge in [0.15, 0.2) is 0 Å². The number of hydrogen-bond acceptors (Lipinski definition) is 3. The average Bonchev–Trinajstić information content (AvgIpc) is 2.33. The van der Waals surface area contributed by atoms with Gasteiger partial charge in [-0.25, -0.2) is 4.79 Å². The third kappa shape index (κ3) is 4.08. The SMILES string of the molecule is Cc1cccc(C)c1C(=O)N[C@@H](CCC(N)=O)C(=O)O. The second-order valence-electron chi connectivity index (χ2n) is 4.64. The molecule has 2 amide bonds. The maximum absolute atomic E-state index is 12.2. The first-order valence-electron chi connectivity index (χ1n) is 6.21. The lowest BCUT2D eigenvalue weighted by atomic mass is 10.0. The van der Waals surface area contributed by atoms with Crippen LogP contribution < -0.4 is 11.1 Å². The molecule has 0 heterocycles. The number of nitrogens with two attached hydrogens (primary N) is 1. The molecule has 4 N–H and O–H groups in total. The number of benzene rings is 1. The summed E-state index contributed by atoms with van der Waals surface area (Å²) in [6.45, 7) is 3.56. The molecule has 1 atom stereocenters. The molecule has 108 valence electrons. The molecular formula is C14H18N2O4. The zero-order chi connectivity index (χ0) is 15.3. The number of nitrogens with one attached hydrogen (secondary N) is 1. The van der Waals surface area contributed by atoms with Crippen molar-refractivity contribution in [3.8, 4) is 0 Å². The lowest BCUT2D eigenvalue weighted by Gasteiger charge is -2.16. The van der Waals surface area contributed by atoms with Crippen molar-refractivity contribution in [3.63, 3.8) is 0 Å². The van der Waals surface area contributed by atoms with Gasteiger partial charge in [-0.3, -0.25) is 9.59 Å². The Morgan fingerprint density at radius 3 is 2.25 bits per heavy atom. The molecule has 0 aliphatic rings. The summed E-state index contributed by atoms with van der Waals surface area (Å²) >= 11 is 0. The highest BCUT2D eigenvalue weighted by molar-refractivity contribution is 5.99. The van der Waals surface area contributed by atoms with Gasteiger partial charge in [-0.15, -0.1) is 0 Å². The molecule has 0 bridgehead atoms. The topological polar surface area (TPSA) is 109 Å². The number of hydrogen-bond donors (Lipinski definition) is 3. The van der Waals surface area contributed by atoms with Gasteiger partial charge in [0.2, 0.25) is 5.91 Å². The molecule has 6 nitrogen and oxygen atoms in total. The fourth-order valence-electron chi connectivity index (χ4n) is 1.95. The molecule has 0 aliphatic carbocycles. The summed E-state index contributed by atoms with van der Waals surface area (Å²) in [6.07, 6.45) is -0.120. The number of carbonyl (C=O) groups is 3. The molecule has 1 rings (SSSR count). The Hall–Kier alpha value is -2.37. The normalized spacial score (nSPS) is 11.7. The minimum absolute atomic E-state index is 0.0265. The van der Waals surface area contributed by atoms with Gasteiger partial charge in [0.25, 0.3) is 5.91 Å². The first-order chi connectivity index (χ1) is 9.32. The second kappa shape index (κ2) is 6.70. The lowest BCUT2D eigenvalue weighted by molar-refractivity contribution is -0.139. The number of primary amides is 1. The summed E-state index contributed by atoms with van der Waals surface area (Å²) in [5, 5.41) is 11.5. The van der Waals surface area contributed by atoms with Gasteiger partial charge >= 0.3 is 5.97 Å². The standard InChI is InChI=1S/C14H18N2O4/c1-8-4-3-5-9(2)12(8)13(18)16-10(14(19)20)6-7-11(15)17/h3-5,10H,6-7H2,1-2H3,(H2,15,17)(H,16,18)(H,19,20)/t10-/m0/s1. The third-order valence-electron chi connectivity index (χ3n) is 2.99. The molecule has 0 unspecified atom stereocenters. The molecule has 0 spiro atoms. The zero-order valence-corrected chi connectivity index (χ0v) is 11.5. The van der Waals surface area contributed by atoms with Crippen molar-refractivity contribution in [3.05, 3.63) is 34.9 Å². The van der Waals surface area contributed by atoms with E-state index in [2.05, 4.69) is 5.32 Å². The van der Waals surface area contributed by atoms with E-state index < -0.39 is 23.8 Å². The number of carboxylic acids is 1. The Balaban J connectivity index is 2.86. The van der Waals surface area contributed by atoms with Crippen LogP contribution in [-0.2, 0) is 9.59 Å². The van der Waals surface area contributed by atoms with Crippen LogP contribution in [0.3, 0.4) is 0 Å². The van der Waals surface area contributed by atoms with Gasteiger partial charge in [0.05, 0.1) is 0 Å². The molecule has 0 fully saturated rings. The summed E-state index contributed by atoms with van der Waals surface area (Å²) in [5.74, 6) is -2.25. The van der Waals surface area contributed by atoms with Crippen LogP contribution in [0.15, 0.2) is 18.2 Å². The van der Waals surface area contributed by atoms with Gasteiger partial charge in [0.1, 0.15) is 6.04 Å². The van der Waals surface area contributed by atoms with Gasteiger partial charge in [-0.05, 0) is 31.4 Å². The summed E-state index contributed by atoms with van der Waals surface area (Å²) in [4.78, 5) is 33.9. The molecule has 0 saturated heterocycles. The van der Waals surface area contributed by atoms with Crippen LogP contribution in [0.2, 0.25) is 0 Å². The van der Waals surface area contributed by atoms with Crippen LogP contribution in [0.4, 0.5) is 0 Å². The van der Waals surface area contributed by atoms with Crippen molar-refractivity contribution < 1.29 is 19.5 Å². The van der Waals surface area contributed by atoms with E-state index in [1.165, 1.54) is 0 Å². The van der Waals surface area contributed by atoms with Gasteiger partial charge in [0, 0.05) is 12.0 Å². The van der Waals surface area contributed by atoms with Crippen LogP contribution in [0.25, 0.3) is 0 Å². The third-order valence-corrected chi connectivity index (χ3v) is 2.99. The monoisotopic (exact) mass is 278 g/mol. The Labute approximate surface area is 117 Å². The first kappa shape index (κ1) is 15.7. The zero-order valence-electron chi connectivity index (χ0n) is 11.5. The van der Waals surface area contributed by atoms with Crippen LogP contribution in [0.1, 0.15) is 34.3 Å². The molecule has 0 aromatic heterocycles. The Morgan fingerprint density at radius 2 is 1.80 bits per heavy atom. The molecule has 1 aromatic carbocycles. The summed E-state index contributed by atoms with van der Waals surface area (Å²) in [6, 6.07) is 4.25. The van der Waals surface area contributed by atoms with E-state index in [9.17, 15) is 14.4 Å². The van der Waals surface area contributed by atoms with E-state index in [0.29, 0.717) is 5.56 Å². The molecule has 20 heavy (non-hydrogen) atoms. The predicted octanol–water partition coefficient (Wildman–Crippen LogP) is 0.752. The highest BCUT2D eigenvalue weighted by Gasteiger charge is 2.22. The average molecular weight is 278 g/mol. The highest BCUT2D eigenvalue weighted by Crippen LogP contribution is 2.13. The fraction of sp³-hybridized carbons (Fsp3) is 0.357. The number of aliphatic carboxylic acids is 1. The number of carbonyl (C=O) groups excluding carboxylic acids is 2. The maximum Gasteiger partial charge on any atom is 0.326 e. The molecule has 1 aromatic rings. The first-order valence-corrected chi connectivity index (χ1v) is 6.21. The molecular weight excluding hydrogens is 260 g/mol. The van der Waals surface area contributed by atoms with Crippen molar-refractivity contribution in [1.82, 2.24) is 5.32 Å². The molecule has 0 aliphatic heterocycles. The Kier molecular flexibility index (Phi) is 5.25. The van der Waals surface area contributed by atoms with Crippen molar-refractivity contribution in [2.45, 2.75) is 32.7 Å². The van der Waals surface area contributed by atoms with Crippen molar-refractivity contribution in [2.24, 2.45) is 5.73 Å². The maximum atomic E-state index is 12.2. The quantitative estimate of drug-likeness (QED) is 0.713. The Bertz CT molecular complexity index is 520. The highest BCUT2D eigenvalue weighted by atomic mass is 16.4. The lowest BCUT2D eigenvalue weighted by Crippen LogP contribution is -2.41. The van der Waals surface area contributed by atoms with E-state index in [1.54, 1.807) is 26.0 Å². The van der Waals surface area contributed by atoms with Gasteiger partial charge in [-0.1, -0.05) is 18.2 Å². The molecule has 0 saturated carbocycles. The van der Waals surface area contributed by atoms with Crippen LogP contribution in [0.5, 0.6) is 0 Å². The van der Waals surface area contributed by atoms with E-state index in [-0.39, 0.29) is 12.8 Å². The van der Waals surface area contributed by atoms with Crippen LogP contribution in [0, 0.1) is 13.8 Å². The minimum atomic E-state index is -1.19. The van der Waals surface area contributed by atoms with Crippen molar-refractivity contribution >= 4 is 17.8 Å². The number of aryl methyl sites for hydroxylation is 2. The van der Waals surface area contributed by atoms with E-state index >= 15 is 0 Å². The van der Waals surface area contributed by atoms with Crippen LogP contribution in [-0.4, -0.2) is 28.9 Å². The van der Waals surface area contributed by atoms with E-state index in [1.807, 2.05) is 6.07 Å². The second-order valence-corrected chi connectivity index (χ2v) is 4.64. The largest absolute Gasteiger partial charge is 0.480 e. The minimum Gasteiger partial charge on any atom is -0.480 e. The van der Waals surface area contributed by atoms with E-state index in [0.717, 1.165) is 11.1 Å². The summed E-state index contributed by atoms with van der Waals surface area (Å²) in [7, 11) is 0. The van der Waals surface area contributed by atoms with E-state index in [4.69, 9.17) is 10.8 Å². The van der Waals surface area contributed by atoms with Crippen LogP contribution >= 0.6 is 0 Å². The number of rotatable bonds is 6. The fourth-order valence-corrected chi connectivity index (χ4v) is 1.95. The van der Waals surface area contributed by atoms with Gasteiger partial charge in [-0.2, -0.15) is 0 Å². The summed E-state index contributed by atoms with van der Waals surface area (Å²) < 4.78 is 0. The van der Waals surface area contributed by atoms with Crippen molar-refractivity contribution in [2.75, 3.05) is 0 Å². The predicted molar refractivity (Wildman–Crippen MR) is 73.2 cm³/mol. The number of carboxylic acid groups (broad SMARTS) is 1. The molecule has 6 heteroatoms. The summed E-state index contributed by atoms with van der Waals surface area (Å²) in [5.41, 5.74) is 6.97. The number of amides is 2. The van der Waals surface area contributed by atoms with Crippen molar-refractivity contribution in [1.29, 1.82) is 0 Å². The molecule has 0 radical (unpaired) electrons. The smallest absolute Gasteiger partial charge is 0.326 e. The Morgan fingerprint density at radius 1 is 1.25 bits per heavy atom.